The topological polar surface area (TPSA) is 32.7 Å². The fourth-order valence-corrected chi connectivity index (χ4v) is 3.87. The minimum absolute atomic E-state index is 0.199. The van der Waals surface area contributed by atoms with Crippen molar-refractivity contribution in [2.75, 3.05) is 40.0 Å². The predicted octanol–water partition coefficient (Wildman–Crippen LogP) is 2.68. The second kappa shape index (κ2) is 7.61. The Bertz CT molecular complexity index is 241. The van der Waals surface area contributed by atoms with Crippen LogP contribution in [-0.2, 0) is 4.74 Å². The zero-order chi connectivity index (χ0) is 13.6. The fraction of sp³-hybridized carbons (Fsp3) is 1.00. The quantitative estimate of drug-likeness (QED) is 0.779. The summed E-state index contributed by atoms with van der Waals surface area (Å²) in [5, 5.41) is 9.89. The Morgan fingerprint density at radius 1 is 1.11 bits per heavy atom. The smallest absolute Gasteiger partial charge is 0.0499 e. The Balaban J connectivity index is 1.82. The first-order chi connectivity index (χ1) is 9.28. The standard InChI is InChI=1S/C16H31NO2/c1-19-12-15-6-10-17(11-7-15)13-16(14-18)8-4-2-3-5-9-16/h15,18H,2-14H2,1H3. The van der Waals surface area contributed by atoms with Crippen LogP contribution >= 0.6 is 0 Å². The largest absolute Gasteiger partial charge is 0.396 e. The predicted molar refractivity (Wildman–Crippen MR) is 78.3 cm³/mol. The molecule has 1 N–H and O–H groups in total. The molecule has 19 heavy (non-hydrogen) atoms. The van der Waals surface area contributed by atoms with Gasteiger partial charge in [0.25, 0.3) is 0 Å². The average molecular weight is 269 g/mol. The Kier molecular flexibility index (Phi) is 6.11. The molecule has 3 nitrogen and oxygen atoms in total. The van der Waals surface area contributed by atoms with Gasteiger partial charge in [-0.15, -0.1) is 0 Å². The molecule has 0 bridgehead atoms. The molecule has 3 heteroatoms. The number of methoxy groups -OCH3 is 1. The third-order valence-electron chi connectivity index (χ3n) is 5.17. The molecular formula is C16H31NO2. The van der Waals surface area contributed by atoms with Crippen LogP contribution in [0.15, 0.2) is 0 Å². The summed E-state index contributed by atoms with van der Waals surface area (Å²) in [5.41, 5.74) is 0.199. The molecule has 0 radical (unpaired) electrons. The minimum atomic E-state index is 0.199. The summed E-state index contributed by atoms with van der Waals surface area (Å²) in [6, 6.07) is 0. The number of ether oxygens (including phenoxy) is 1. The van der Waals surface area contributed by atoms with E-state index in [1.54, 1.807) is 7.11 Å². The fourth-order valence-electron chi connectivity index (χ4n) is 3.87. The van der Waals surface area contributed by atoms with Crippen molar-refractivity contribution in [2.45, 2.75) is 51.4 Å². The van der Waals surface area contributed by atoms with E-state index >= 15 is 0 Å². The van der Waals surface area contributed by atoms with Crippen molar-refractivity contribution in [3.63, 3.8) is 0 Å². The van der Waals surface area contributed by atoms with E-state index in [0.717, 1.165) is 19.1 Å². The van der Waals surface area contributed by atoms with Gasteiger partial charge in [-0.2, -0.15) is 0 Å². The molecular weight excluding hydrogens is 238 g/mol. The molecule has 1 aliphatic heterocycles. The van der Waals surface area contributed by atoms with Gasteiger partial charge in [-0.3, -0.25) is 0 Å². The maximum Gasteiger partial charge on any atom is 0.0499 e. The van der Waals surface area contributed by atoms with Crippen molar-refractivity contribution in [3.05, 3.63) is 0 Å². The zero-order valence-electron chi connectivity index (χ0n) is 12.6. The SMILES string of the molecule is COCC1CCN(CC2(CO)CCCCCC2)CC1. The van der Waals surface area contributed by atoms with Crippen molar-refractivity contribution in [3.8, 4) is 0 Å². The second-order valence-corrected chi connectivity index (χ2v) is 6.75. The molecule has 2 aliphatic rings. The molecule has 0 spiro atoms. The van der Waals surface area contributed by atoms with Crippen LogP contribution in [0.2, 0.25) is 0 Å². The van der Waals surface area contributed by atoms with E-state index in [1.807, 2.05) is 0 Å². The first kappa shape index (κ1) is 15.3. The van der Waals surface area contributed by atoms with Crippen molar-refractivity contribution < 1.29 is 9.84 Å². The van der Waals surface area contributed by atoms with Gasteiger partial charge in [0.15, 0.2) is 0 Å². The van der Waals surface area contributed by atoms with Gasteiger partial charge in [0.1, 0.15) is 0 Å². The van der Waals surface area contributed by atoms with E-state index in [9.17, 15) is 5.11 Å². The maximum atomic E-state index is 9.89. The summed E-state index contributed by atoms with van der Waals surface area (Å²) in [5.74, 6) is 0.750. The van der Waals surface area contributed by atoms with E-state index in [4.69, 9.17) is 4.74 Å². The average Bonchev–Trinajstić information content (AvgIpc) is 2.68. The third-order valence-corrected chi connectivity index (χ3v) is 5.17. The molecule has 0 aromatic rings. The summed E-state index contributed by atoms with van der Waals surface area (Å²) in [6.45, 7) is 4.79. The van der Waals surface area contributed by atoms with Gasteiger partial charge in [0, 0.05) is 32.3 Å². The van der Waals surface area contributed by atoms with Gasteiger partial charge >= 0.3 is 0 Å². The van der Waals surface area contributed by atoms with E-state index < -0.39 is 0 Å². The lowest BCUT2D eigenvalue weighted by Crippen LogP contribution is -2.44. The van der Waals surface area contributed by atoms with Crippen LogP contribution in [-0.4, -0.2) is 50.0 Å². The van der Waals surface area contributed by atoms with Gasteiger partial charge in [-0.1, -0.05) is 25.7 Å². The van der Waals surface area contributed by atoms with Crippen LogP contribution < -0.4 is 0 Å². The molecule has 1 aliphatic carbocycles. The van der Waals surface area contributed by atoms with Gasteiger partial charge < -0.3 is 14.7 Å². The van der Waals surface area contributed by atoms with Crippen molar-refractivity contribution in [2.24, 2.45) is 11.3 Å². The molecule has 112 valence electrons. The van der Waals surface area contributed by atoms with Crippen LogP contribution in [0.1, 0.15) is 51.4 Å². The monoisotopic (exact) mass is 269 g/mol. The van der Waals surface area contributed by atoms with Gasteiger partial charge in [-0.25, -0.2) is 0 Å². The number of aliphatic hydroxyl groups excluding tert-OH is 1. The summed E-state index contributed by atoms with van der Waals surface area (Å²) in [6.07, 6.45) is 10.3. The lowest BCUT2D eigenvalue weighted by molar-refractivity contribution is 0.0345. The molecule has 0 amide bonds. The summed E-state index contributed by atoms with van der Waals surface area (Å²) >= 11 is 0. The van der Waals surface area contributed by atoms with Crippen LogP contribution in [0.5, 0.6) is 0 Å². The normalized spacial score (nSPS) is 26.2. The van der Waals surface area contributed by atoms with Crippen molar-refractivity contribution in [1.82, 2.24) is 4.90 Å². The Labute approximate surface area is 118 Å². The number of aliphatic hydroxyl groups is 1. The maximum absolute atomic E-state index is 9.89. The van der Waals surface area contributed by atoms with Gasteiger partial charge in [-0.05, 0) is 44.7 Å². The zero-order valence-corrected chi connectivity index (χ0v) is 12.6. The number of hydrogen-bond acceptors (Lipinski definition) is 3. The van der Waals surface area contributed by atoms with Crippen LogP contribution in [0.3, 0.4) is 0 Å². The number of piperidine rings is 1. The highest BCUT2D eigenvalue weighted by Gasteiger charge is 2.33. The summed E-state index contributed by atoms with van der Waals surface area (Å²) in [7, 11) is 1.80. The highest BCUT2D eigenvalue weighted by molar-refractivity contribution is 4.86. The Morgan fingerprint density at radius 3 is 2.26 bits per heavy atom. The molecule has 1 saturated carbocycles. The highest BCUT2D eigenvalue weighted by atomic mass is 16.5. The lowest BCUT2D eigenvalue weighted by atomic mass is 9.80. The Hall–Kier alpha value is -0.120. The second-order valence-electron chi connectivity index (χ2n) is 6.75. The van der Waals surface area contributed by atoms with Crippen molar-refractivity contribution in [1.29, 1.82) is 0 Å². The van der Waals surface area contributed by atoms with E-state index in [0.29, 0.717) is 6.61 Å². The number of hydrogen-bond donors (Lipinski definition) is 1. The van der Waals surface area contributed by atoms with Crippen LogP contribution in [0, 0.1) is 11.3 Å². The molecule has 2 rings (SSSR count). The van der Waals surface area contributed by atoms with E-state index in [1.165, 1.54) is 64.5 Å². The molecule has 0 unspecified atom stereocenters. The minimum Gasteiger partial charge on any atom is -0.396 e. The van der Waals surface area contributed by atoms with Crippen LogP contribution in [0.25, 0.3) is 0 Å². The highest BCUT2D eigenvalue weighted by Crippen LogP contribution is 2.36. The molecule has 0 aromatic carbocycles. The summed E-state index contributed by atoms with van der Waals surface area (Å²) in [4.78, 5) is 2.59. The Morgan fingerprint density at radius 2 is 1.74 bits per heavy atom. The first-order valence-corrected chi connectivity index (χ1v) is 8.10. The van der Waals surface area contributed by atoms with Crippen LogP contribution in [0.4, 0.5) is 0 Å². The number of nitrogens with zero attached hydrogens (tertiary/aromatic N) is 1. The van der Waals surface area contributed by atoms with E-state index in [-0.39, 0.29) is 5.41 Å². The molecule has 1 saturated heterocycles. The molecule has 2 fully saturated rings. The lowest BCUT2D eigenvalue weighted by Gasteiger charge is -2.40. The third kappa shape index (κ3) is 4.44. The number of likely N-dealkylation sites (tertiary alicyclic amines) is 1. The van der Waals surface area contributed by atoms with E-state index in [2.05, 4.69) is 4.90 Å². The van der Waals surface area contributed by atoms with Gasteiger partial charge in [0.05, 0.1) is 0 Å². The van der Waals surface area contributed by atoms with Gasteiger partial charge in [0.2, 0.25) is 0 Å². The first-order valence-electron chi connectivity index (χ1n) is 8.10. The molecule has 0 aromatic heterocycles. The summed E-state index contributed by atoms with van der Waals surface area (Å²) < 4.78 is 5.27. The van der Waals surface area contributed by atoms with Crippen molar-refractivity contribution >= 4 is 0 Å². The number of rotatable bonds is 5. The molecule has 1 heterocycles. The molecule has 0 atom stereocenters.